The quantitative estimate of drug-likeness (QED) is 0.0538. The molecule has 0 aromatic rings. The molecule has 0 saturated heterocycles. The first-order chi connectivity index (χ1) is 39.7. The van der Waals surface area contributed by atoms with Crippen LogP contribution in [0.5, 0.6) is 0 Å². The lowest BCUT2D eigenvalue weighted by molar-refractivity contribution is -0.148. The molecule has 22 nitrogen and oxygen atoms in total. The molecule has 0 fully saturated rings. The van der Waals surface area contributed by atoms with Gasteiger partial charge in [0.2, 0.25) is 0 Å². The van der Waals surface area contributed by atoms with Crippen LogP contribution in [0.3, 0.4) is 0 Å². The predicted molar refractivity (Wildman–Crippen MR) is 303 cm³/mol. The number of aliphatic hydroxyl groups is 2. The molecule has 2 N–H and O–H groups in total. The summed E-state index contributed by atoms with van der Waals surface area (Å²) in [5.74, 6) is -0.499. The zero-order valence-corrected chi connectivity index (χ0v) is 50.0. The first-order valence-electron chi connectivity index (χ1n) is 30.5. The van der Waals surface area contributed by atoms with Gasteiger partial charge in [0.1, 0.15) is 12.7 Å². The van der Waals surface area contributed by atoms with E-state index < -0.39 is 18.7 Å². The van der Waals surface area contributed by atoms with E-state index in [0.29, 0.717) is 225 Å². The molecule has 0 bridgehead atoms. The largest absolute Gasteiger partial charge is 0.463 e. The van der Waals surface area contributed by atoms with E-state index in [1.165, 1.54) is 96.3 Å². The molecular formula is C58H116O22. The number of carbonyl (C=O) groups excluding carboxylic acids is 1. The van der Waals surface area contributed by atoms with Crippen molar-refractivity contribution in [1.29, 1.82) is 0 Å². The number of hydrogen-bond donors (Lipinski definition) is 2. The second kappa shape index (κ2) is 73.8. The lowest BCUT2D eigenvalue weighted by Crippen LogP contribution is -2.22. The summed E-state index contributed by atoms with van der Waals surface area (Å²) >= 11 is 0. The highest BCUT2D eigenvalue weighted by atomic mass is 16.6. The van der Waals surface area contributed by atoms with Crippen LogP contribution >= 0.6 is 0 Å². The number of esters is 1. The maximum atomic E-state index is 11.4. The van der Waals surface area contributed by atoms with Crippen molar-refractivity contribution in [1.82, 2.24) is 0 Å². The molecule has 0 amide bonds. The van der Waals surface area contributed by atoms with Gasteiger partial charge in [-0.25, -0.2) is 0 Å². The molecule has 0 heterocycles. The fourth-order valence-corrected chi connectivity index (χ4v) is 7.06. The van der Waals surface area contributed by atoms with Gasteiger partial charge in [0.25, 0.3) is 0 Å². The second-order valence-corrected chi connectivity index (χ2v) is 18.6. The van der Waals surface area contributed by atoms with Gasteiger partial charge < -0.3 is 100 Å². The molecule has 0 rings (SSSR count). The van der Waals surface area contributed by atoms with Gasteiger partial charge in [0.15, 0.2) is 0 Å². The van der Waals surface area contributed by atoms with Crippen LogP contribution in [0.4, 0.5) is 0 Å². The van der Waals surface area contributed by atoms with Gasteiger partial charge in [-0.15, -0.1) is 0 Å². The summed E-state index contributed by atoms with van der Waals surface area (Å²) in [5, 5.41) is 17.8. The highest BCUT2D eigenvalue weighted by Gasteiger charge is 2.08. The molecule has 80 heavy (non-hydrogen) atoms. The Labute approximate surface area is 482 Å². The number of carbonyl (C=O) groups is 1. The predicted octanol–water partition coefficient (Wildman–Crippen LogP) is 5.83. The van der Waals surface area contributed by atoms with E-state index in [1.807, 2.05) is 0 Å². The standard InChI is InChI=1S/C58H116O22/c1-2-3-4-5-6-7-8-9-10-11-12-13-14-15-16-17-19-62-21-23-64-25-27-66-29-31-68-33-35-70-37-39-72-41-43-74-45-47-76-49-51-78-53-54-79-52-50-77-48-46-75-44-42-73-40-38-71-36-34-69-32-30-67-28-26-65-24-22-63-20-18-58(61)80-56-57(60)55-59/h57,59-60H,2-56H2,1H3. The first kappa shape index (κ1) is 78.7. The minimum absolute atomic E-state index is 0.0612. The molecule has 0 spiro atoms. The molecule has 0 aliphatic heterocycles. The molecular weight excluding hydrogens is 1050 g/mol. The Morgan fingerprint density at radius 2 is 0.438 bits per heavy atom. The van der Waals surface area contributed by atoms with Gasteiger partial charge in [-0.2, -0.15) is 0 Å². The van der Waals surface area contributed by atoms with E-state index >= 15 is 0 Å². The molecule has 0 aromatic carbocycles. The number of ether oxygens (including phenoxy) is 19. The lowest BCUT2D eigenvalue weighted by atomic mass is 10.0. The van der Waals surface area contributed by atoms with Gasteiger partial charge in [-0.3, -0.25) is 4.79 Å². The lowest BCUT2D eigenvalue weighted by Gasteiger charge is -2.09. The average Bonchev–Trinajstić information content (AvgIpc) is 3.47. The SMILES string of the molecule is CCCCCCCCCCCCCCCCCCOCCOCCOCCOCCOCCOCCOCCOCCOCCOCCOCCOCCOCCOCCOCCOCCOCCOCCC(=O)OCC(O)CO. The summed E-state index contributed by atoms with van der Waals surface area (Å²) in [6.45, 7) is 19.2. The molecule has 0 aromatic heterocycles. The van der Waals surface area contributed by atoms with Crippen molar-refractivity contribution >= 4 is 5.97 Å². The molecule has 22 heteroatoms. The van der Waals surface area contributed by atoms with Crippen molar-refractivity contribution in [3.8, 4) is 0 Å². The fraction of sp³-hybridized carbons (Fsp3) is 0.983. The second-order valence-electron chi connectivity index (χ2n) is 18.6. The number of unbranched alkanes of at least 4 members (excludes halogenated alkanes) is 15. The maximum absolute atomic E-state index is 11.4. The summed E-state index contributed by atoms with van der Waals surface area (Å²) in [4.78, 5) is 11.4. The van der Waals surface area contributed by atoms with E-state index in [0.717, 1.165) is 13.0 Å². The Balaban J connectivity index is 3.10. The number of hydrogen-bond acceptors (Lipinski definition) is 22. The minimum atomic E-state index is -1.07. The fourth-order valence-electron chi connectivity index (χ4n) is 7.06. The smallest absolute Gasteiger partial charge is 0.308 e. The molecule has 1 atom stereocenters. The third-order valence-electron chi connectivity index (χ3n) is 11.6. The Bertz CT molecular complexity index is 1120. The van der Waals surface area contributed by atoms with Gasteiger partial charge in [-0.05, 0) is 6.42 Å². The topological polar surface area (TPSA) is 233 Å². The minimum Gasteiger partial charge on any atom is -0.463 e. The summed E-state index contributed by atoms with van der Waals surface area (Å²) in [7, 11) is 0. The van der Waals surface area contributed by atoms with Crippen LogP contribution in [0.2, 0.25) is 0 Å². The van der Waals surface area contributed by atoms with Crippen LogP contribution in [0.15, 0.2) is 0 Å². The molecule has 0 aliphatic carbocycles. The average molecular weight is 1170 g/mol. The Kier molecular flexibility index (Phi) is 72.5. The van der Waals surface area contributed by atoms with E-state index in [2.05, 4.69) is 6.92 Å². The van der Waals surface area contributed by atoms with E-state index in [-0.39, 0.29) is 19.6 Å². The van der Waals surface area contributed by atoms with Crippen LogP contribution in [0.25, 0.3) is 0 Å². The third-order valence-corrected chi connectivity index (χ3v) is 11.6. The Hall–Kier alpha value is -1.33. The molecule has 0 aliphatic rings. The monoisotopic (exact) mass is 1160 g/mol. The first-order valence-corrected chi connectivity index (χ1v) is 30.5. The number of aliphatic hydroxyl groups excluding tert-OH is 2. The highest BCUT2D eigenvalue weighted by Crippen LogP contribution is 2.14. The molecule has 480 valence electrons. The Morgan fingerprint density at radius 3 is 0.637 bits per heavy atom. The van der Waals surface area contributed by atoms with Crippen LogP contribution < -0.4 is 0 Å². The zero-order chi connectivity index (χ0) is 57.5. The van der Waals surface area contributed by atoms with Crippen molar-refractivity contribution in [2.24, 2.45) is 0 Å². The normalized spacial score (nSPS) is 12.1. The third kappa shape index (κ3) is 72.8. The number of rotatable bonds is 74. The summed E-state index contributed by atoms with van der Waals surface area (Å²) in [5.41, 5.74) is 0. The molecule has 0 radical (unpaired) electrons. The van der Waals surface area contributed by atoms with E-state index in [9.17, 15) is 4.79 Å². The summed E-state index contributed by atoms with van der Waals surface area (Å²) in [6.07, 6.45) is 21.1. The van der Waals surface area contributed by atoms with Crippen LogP contribution in [-0.4, -0.2) is 273 Å². The summed E-state index contributed by atoms with van der Waals surface area (Å²) in [6, 6.07) is 0. The highest BCUT2D eigenvalue weighted by molar-refractivity contribution is 5.69. The van der Waals surface area contributed by atoms with Gasteiger partial charge in [0, 0.05) is 6.61 Å². The van der Waals surface area contributed by atoms with E-state index in [1.54, 1.807) is 0 Å². The van der Waals surface area contributed by atoms with Crippen molar-refractivity contribution in [2.45, 2.75) is 122 Å². The van der Waals surface area contributed by atoms with Crippen LogP contribution in [0.1, 0.15) is 116 Å². The summed E-state index contributed by atoms with van der Waals surface area (Å²) < 4.78 is 104. The molecule has 0 saturated carbocycles. The van der Waals surface area contributed by atoms with Crippen molar-refractivity contribution < 1.29 is 105 Å². The van der Waals surface area contributed by atoms with Gasteiger partial charge >= 0.3 is 5.97 Å². The van der Waals surface area contributed by atoms with Crippen molar-refractivity contribution in [2.75, 3.05) is 251 Å². The van der Waals surface area contributed by atoms with Gasteiger partial charge in [0.05, 0.1) is 244 Å². The molecule has 1 unspecified atom stereocenters. The zero-order valence-electron chi connectivity index (χ0n) is 50.0. The van der Waals surface area contributed by atoms with E-state index in [4.69, 9.17) is 100 Å². The van der Waals surface area contributed by atoms with Gasteiger partial charge in [-0.1, -0.05) is 103 Å². The van der Waals surface area contributed by atoms with Crippen molar-refractivity contribution in [3.05, 3.63) is 0 Å². The maximum Gasteiger partial charge on any atom is 0.308 e. The van der Waals surface area contributed by atoms with Crippen LogP contribution in [-0.2, 0) is 94.8 Å². The Morgan fingerprint density at radius 1 is 0.263 bits per heavy atom. The van der Waals surface area contributed by atoms with Crippen LogP contribution in [0, 0.1) is 0 Å². The van der Waals surface area contributed by atoms with Crippen molar-refractivity contribution in [3.63, 3.8) is 0 Å².